The molecule has 1 amide bonds. The lowest BCUT2D eigenvalue weighted by molar-refractivity contribution is -0.147. The first-order chi connectivity index (χ1) is 9.15. The molecule has 0 spiro atoms. The molecule has 20 heavy (non-hydrogen) atoms. The Kier molecular flexibility index (Phi) is 5.51. The number of nitrogens with zero attached hydrogens (tertiary/aromatic N) is 1. The Morgan fingerprint density at radius 2 is 2.10 bits per heavy atom. The third-order valence-electron chi connectivity index (χ3n) is 2.56. The van der Waals surface area contributed by atoms with Gasteiger partial charge in [-0.2, -0.15) is 0 Å². The van der Waals surface area contributed by atoms with Crippen LogP contribution in [-0.2, 0) is 19.6 Å². The summed E-state index contributed by atoms with van der Waals surface area (Å²) in [6, 6.07) is 1.72. The highest BCUT2D eigenvalue weighted by atomic mass is 35.5. The second-order valence-corrected chi connectivity index (χ2v) is 7.61. The van der Waals surface area contributed by atoms with Crippen LogP contribution in [0, 0.1) is 0 Å². The number of aliphatic carboxylic acids is 1. The minimum Gasteiger partial charge on any atom is -0.480 e. The summed E-state index contributed by atoms with van der Waals surface area (Å²) in [4.78, 5) is 23.4. The van der Waals surface area contributed by atoms with Crippen molar-refractivity contribution in [3.63, 3.8) is 0 Å². The van der Waals surface area contributed by atoms with Crippen LogP contribution in [0.2, 0.25) is 4.34 Å². The number of carboxylic acids is 1. The highest BCUT2D eigenvalue weighted by Crippen LogP contribution is 2.25. The maximum Gasteiger partial charge on any atom is 0.326 e. The van der Waals surface area contributed by atoms with Crippen molar-refractivity contribution in [2.24, 2.45) is 0 Å². The number of likely N-dealkylation sites (N-methyl/N-ethyl adjacent to an activating group) is 1. The number of carbonyl (C=O) groups is 2. The molecule has 112 valence electrons. The van der Waals surface area contributed by atoms with E-state index in [2.05, 4.69) is 4.72 Å². The minimum absolute atomic E-state index is 0.00997. The zero-order chi connectivity index (χ0) is 15.5. The summed E-state index contributed by atoms with van der Waals surface area (Å²) in [5.41, 5.74) is 0. The van der Waals surface area contributed by atoms with Crippen LogP contribution in [0.3, 0.4) is 0 Å². The van der Waals surface area contributed by atoms with Crippen molar-refractivity contribution in [2.75, 3.05) is 13.6 Å². The van der Waals surface area contributed by atoms with Gasteiger partial charge in [-0.1, -0.05) is 11.6 Å². The van der Waals surface area contributed by atoms with Crippen LogP contribution in [0.25, 0.3) is 0 Å². The zero-order valence-electron chi connectivity index (χ0n) is 10.7. The number of rotatable bonds is 6. The molecular formula is C10H13ClN2O5S2. The van der Waals surface area contributed by atoms with E-state index in [0.717, 1.165) is 16.2 Å². The first kappa shape index (κ1) is 16.9. The highest BCUT2D eigenvalue weighted by Gasteiger charge is 2.24. The number of hydrogen-bond donors (Lipinski definition) is 2. The monoisotopic (exact) mass is 340 g/mol. The van der Waals surface area contributed by atoms with Crippen molar-refractivity contribution >= 4 is 44.8 Å². The van der Waals surface area contributed by atoms with Crippen molar-refractivity contribution in [1.29, 1.82) is 0 Å². The molecule has 0 fully saturated rings. The van der Waals surface area contributed by atoms with E-state index in [1.54, 1.807) is 0 Å². The van der Waals surface area contributed by atoms with Crippen molar-refractivity contribution in [3.05, 3.63) is 16.5 Å². The molecule has 0 saturated heterocycles. The van der Waals surface area contributed by atoms with Crippen molar-refractivity contribution < 1.29 is 23.1 Å². The fourth-order valence-corrected chi connectivity index (χ4v) is 3.68. The maximum absolute atomic E-state index is 11.8. The molecule has 0 aromatic carbocycles. The van der Waals surface area contributed by atoms with Gasteiger partial charge in [-0.05, 0) is 19.1 Å². The molecule has 0 radical (unpaired) electrons. The largest absolute Gasteiger partial charge is 0.480 e. The van der Waals surface area contributed by atoms with E-state index in [0.29, 0.717) is 4.34 Å². The lowest BCUT2D eigenvalue weighted by atomic mass is 10.3. The predicted octanol–water partition coefficient (Wildman–Crippen LogP) is 0.611. The van der Waals surface area contributed by atoms with E-state index in [4.69, 9.17) is 16.7 Å². The van der Waals surface area contributed by atoms with E-state index in [1.807, 2.05) is 0 Å². The topological polar surface area (TPSA) is 104 Å². The van der Waals surface area contributed by atoms with Gasteiger partial charge in [0.2, 0.25) is 5.91 Å². The molecule has 0 saturated carbocycles. The average molecular weight is 341 g/mol. The summed E-state index contributed by atoms with van der Waals surface area (Å²) in [6.07, 6.45) is 0. The number of thiophene rings is 1. The molecule has 10 heteroatoms. The standard InChI is InChI=1S/C10H13ClN2O5S2/c1-6(10(15)16)13(2)8(14)5-12-20(17,18)9-4-3-7(11)19-9/h3-4,6,12H,5H2,1-2H3,(H,15,16). The second kappa shape index (κ2) is 6.53. The minimum atomic E-state index is -3.82. The number of carboxylic acid groups (broad SMARTS) is 1. The van der Waals surface area contributed by atoms with Crippen molar-refractivity contribution in [1.82, 2.24) is 9.62 Å². The molecule has 1 atom stereocenters. The van der Waals surface area contributed by atoms with Gasteiger partial charge in [0.05, 0.1) is 10.9 Å². The zero-order valence-corrected chi connectivity index (χ0v) is 13.0. The molecule has 1 unspecified atom stereocenters. The van der Waals surface area contributed by atoms with E-state index >= 15 is 0 Å². The molecular weight excluding hydrogens is 328 g/mol. The number of nitrogens with one attached hydrogen (secondary N) is 1. The van der Waals surface area contributed by atoms with Gasteiger partial charge in [0.25, 0.3) is 10.0 Å². The van der Waals surface area contributed by atoms with Gasteiger partial charge in [0, 0.05) is 7.05 Å². The Morgan fingerprint density at radius 1 is 1.50 bits per heavy atom. The lowest BCUT2D eigenvalue weighted by Gasteiger charge is -2.21. The quantitative estimate of drug-likeness (QED) is 0.789. The molecule has 1 rings (SSSR count). The van der Waals surface area contributed by atoms with E-state index in [9.17, 15) is 18.0 Å². The Hall–Kier alpha value is -1.16. The summed E-state index contributed by atoms with van der Waals surface area (Å²) in [5, 5.41) is 8.76. The Balaban J connectivity index is 2.67. The fourth-order valence-electron chi connectivity index (χ4n) is 1.18. The third kappa shape index (κ3) is 4.17. The third-order valence-corrected chi connectivity index (χ3v) is 5.68. The number of sulfonamides is 1. The Morgan fingerprint density at radius 3 is 2.55 bits per heavy atom. The van der Waals surface area contributed by atoms with Crippen LogP contribution >= 0.6 is 22.9 Å². The van der Waals surface area contributed by atoms with Crippen molar-refractivity contribution in [3.8, 4) is 0 Å². The van der Waals surface area contributed by atoms with Crippen molar-refractivity contribution in [2.45, 2.75) is 17.2 Å². The number of carbonyl (C=O) groups excluding carboxylic acids is 1. The first-order valence-corrected chi connectivity index (χ1v) is 8.06. The smallest absolute Gasteiger partial charge is 0.326 e. The molecule has 0 bridgehead atoms. The highest BCUT2D eigenvalue weighted by molar-refractivity contribution is 7.91. The van der Waals surface area contributed by atoms with Crippen LogP contribution in [0.15, 0.2) is 16.3 Å². The van der Waals surface area contributed by atoms with Crippen LogP contribution in [-0.4, -0.2) is 49.9 Å². The van der Waals surface area contributed by atoms with Gasteiger partial charge in [-0.3, -0.25) is 4.79 Å². The SMILES string of the molecule is CC(C(=O)O)N(C)C(=O)CNS(=O)(=O)c1ccc(Cl)s1. The van der Waals surface area contributed by atoms with Crippen LogP contribution in [0.5, 0.6) is 0 Å². The molecule has 1 aromatic rings. The van der Waals surface area contributed by atoms with E-state index in [1.165, 1.54) is 26.1 Å². The number of amides is 1. The summed E-state index contributed by atoms with van der Waals surface area (Å²) in [7, 11) is -2.54. The van der Waals surface area contributed by atoms with Gasteiger partial charge in [0.1, 0.15) is 10.3 Å². The summed E-state index contributed by atoms with van der Waals surface area (Å²) < 4.78 is 26.1. The number of hydrogen-bond acceptors (Lipinski definition) is 5. The van der Waals surface area contributed by atoms with Crippen LogP contribution < -0.4 is 4.72 Å². The van der Waals surface area contributed by atoms with Gasteiger partial charge < -0.3 is 10.0 Å². The summed E-state index contributed by atoms with van der Waals surface area (Å²) >= 11 is 6.50. The van der Waals surface area contributed by atoms with Gasteiger partial charge in [-0.15, -0.1) is 11.3 Å². The molecule has 1 aromatic heterocycles. The molecule has 0 aliphatic rings. The van der Waals surface area contributed by atoms with Crippen LogP contribution in [0.4, 0.5) is 0 Å². The van der Waals surface area contributed by atoms with E-state index in [-0.39, 0.29) is 4.21 Å². The van der Waals surface area contributed by atoms with E-state index < -0.39 is 34.5 Å². The van der Waals surface area contributed by atoms with Gasteiger partial charge >= 0.3 is 5.97 Å². The molecule has 7 nitrogen and oxygen atoms in total. The Labute approximate surface area is 125 Å². The van der Waals surface area contributed by atoms with Crippen LogP contribution in [0.1, 0.15) is 6.92 Å². The van der Waals surface area contributed by atoms with Gasteiger partial charge in [0.15, 0.2) is 0 Å². The molecule has 2 N–H and O–H groups in total. The summed E-state index contributed by atoms with van der Waals surface area (Å²) in [6.45, 7) is 0.805. The van der Waals surface area contributed by atoms with Gasteiger partial charge in [-0.25, -0.2) is 17.9 Å². The predicted molar refractivity (Wildman–Crippen MR) is 74.4 cm³/mol. The lowest BCUT2D eigenvalue weighted by Crippen LogP contribution is -2.45. The molecule has 0 aliphatic carbocycles. The summed E-state index contributed by atoms with van der Waals surface area (Å²) in [5.74, 6) is -1.82. The first-order valence-electron chi connectivity index (χ1n) is 5.38. The fraction of sp³-hybridized carbons (Fsp3) is 0.400. The Bertz CT molecular complexity index is 613. The second-order valence-electron chi connectivity index (χ2n) is 3.90. The number of halogens is 1. The maximum atomic E-state index is 11.8. The normalized spacial score (nSPS) is 12.9. The molecule has 0 aliphatic heterocycles. The average Bonchev–Trinajstić information content (AvgIpc) is 2.81. The molecule has 1 heterocycles.